The molecule has 2 rings (SSSR count). The number of hydrogen-bond acceptors (Lipinski definition) is 3. The van der Waals surface area contributed by atoms with Crippen LogP contribution in [-0.4, -0.2) is 20.2 Å². The van der Waals surface area contributed by atoms with Crippen molar-refractivity contribution in [3.63, 3.8) is 0 Å². The van der Waals surface area contributed by atoms with Gasteiger partial charge in [-0.1, -0.05) is 36.4 Å². The van der Waals surface area contributed by atoms with Gasteiger partial charge in [-0.25, -0.2) is 0 Å². The van der Waals surface area contributed by atoms with Crippen molar-refractivity contribution >= 4 is 5.69 Å². The SMILES string of the molecule is CNCc1ccc(N(C)Cc2ccccc2)c(OC(C)C)c1. The maximum Gasteiger partial charge on any atom is 0.143 e. The van der Waals surface area contributed by atoms with Crippen molar-refractivity contribution in [1.29, 1.82) is 0 Å². The van der Waals surface area contributed by atoms with Crippen molar-refractivity contribution in [3.8, 4) is 5.75 Å². The molecule has 0 spiro atoms. The number of benzene rings is 2. The first kappa shape index (κ1) is 16.4. The lowest BCUT2D eigenvalue weighted by molar-refractivity contribution is 0.242. The van der Waals surface area contributed by atoms with Gasteiger partial charge in [0.2, 0.25) is 0 Å². The molecule has 0 aliphatic heterocycles. The quantitative estimate of drug-likeness (QED) is 0.841. The van der Waals surface area contributed by atoms with Crippen LogP contribution in [0, 0.1) is 0 Å². The number of hydrogen-bond donors (Lipinski definition) is 1. The van der Waals surface area contributed by atoms with Gasteiger partial charge in [-0.3, -0.25) is 0 Å². The van der Waals surface area contributed by atoms with Gasteiger partial charge in [0, 0.05) is 20.1 Å². The Morgan fingerprint density at radius 1 is 1.05 bits per heavy atom. The van der Waals surface area contributed by atoms with Crippen LogP contribution in [0.3, 0.4) is 0 Å². The fourth-order valence-corrected chi connectivity index (χ4v) is 2.48. The lowest BCUT2D eigenvalue weighted by Crippen LogP contribution is -2.19. The van der Waals surface area contributed by atoms with Crippen LogP contribution in [0.1, 0.15) is 25.0 Å². The highest BCUT2D eigenvalue weighted by atomic mass is 16.5. The molecule has 0 saturated carbocycles. The second-order valence-electron chi connectivity index (χ2n) is 5.84. The summed E-state index contributed by atoms with van der Waals surface area (Å²) in [6, 6.07) is 16.9. The molecule has 22 heavy (non-hydrogen) atoms. The molecule has 0 saturated heterocycles. The third-order valence-corrected chi connectivity index (χ3v) is 3.44. The molecule has 1 N–H and O–H groups in total. The van der Waals surface area contributed by atoms with Crippen molar-refractivity contribution in [1.82, 2.24) is 5.32 Å². The van der Waals surface area contributed by atoms with Crippen LogP contribution in [0.25, 0.3) is 0 Å². The molecule has 0 bridgehead atoms. The van der Waals surface area contributed by atoms with E-state index < -0.39 is 0 Å². The van der Waals surface area contributed by atoms with E-state index in [2.05, 4.69) is 73.6 Å². The summed E-state index contributed by atoms with van der Waals surface area (Å²) in [6.07, 6.45) is 0.161. The van der Waals surface area contributed by atoms with Crippen molar-refractivity contribution in [2.75, 3.05) is 19.0 Å². The largest absolute Gasteiger partial charge is 0.489 e. The monoisotopic (exact) mass is 298 g/mol. The van der Waals surface area contributed by atoms with Crippen molar-refractivity contribution in [2.45, 2.75) is 33.0 Å². The maximum absolute atomic E-state index is 6.02. The fourth-order valence-electron chi connectivity index (χ4n) is 2.48. The summed E-state index contributed by atoms with van der Waals surface area (Å²) >= 11 is 0. The van der Waals surface area contributed by atoms with Gasteiger partial charge < -0.3 is 15.0 Å². The zero-order valence-corrected chi connectivity index (χ0v) is 14.0. The van der Waals surface area contributed by atoms with E-state index in [4.69, 9.17) is 4.74 Å². The standard InChI is InChI=1S/C19H26N2O/c1-15(2)22-19-12-17(13-20-3)10-11-18(19)21(4)14-16-8-6-5-7-9-16/h5-12,15,20H,13-14H2,1-4H3. The second kappa shape index (κ2) is 7.85. The zero-order chi connectivity index (χ0) is 15.9. The molecule has 2 aromatic rings. The molecular formula is C19H26N2O. The molecule has 2 aromatic carbocycles. The van der Waals surface area contributed by atoms with Crippen LogP contribution < -0.4 is 15.0 Å². The fraction of sp³-hybridized carbons (Fsp3) is 0.368. The van der Waals surface area contributed by atoms with Crippen LogP contribution in [-0.2, 0) is 13.1 Å². The molecule has 3 heteroatoms. The first-order valence-corrected chi connectivity index (χ1v) is 7.79. The van der Waals surface area contributed by atoms with Gasteiger partial charge >= 0.3 is 0 Å². The number of nitrogens with one attached hydrogen (secondary N) is 1. The number of rotatable bonds is 7. The average molecular weight is 298 g/mol. The first-order valence-electron chi connectivity index (χ1n) is 7.79. The third kappa shape index (κ3) is 4.50. The van der Waals surface area contributed by atoms with Gasteiger partial charge in [0.05, 0.1) is 11.8 Å². The Balaban J connectivity index is 2.23. The molecule has 0 radical (unpaired) electrons. The minimum Gasteiger partial charge on any atom is -0.489 e. The van der Waals surface area contributed by atoms with Crippen LogP contribution in [0.15, 0.2) is 48.5 Å². The molecule has 0 atom stereocenters. The molecule has 0 aliphatic rings. The average Bonchev–Trinajstić information content (AvgIpc) is 2.48. The summed E-state index contributed by atoms with van der Waals surface area (Å²) in [5, 5.41) is 3.18. The molecular weight excluding hydrogens is 272 g/mol. The van der Waals surface area contributed by atoms with E-state index in [-0.39, 0.29) is 6.10 Å². The summed E-state index contributed by atoms with van der Waals surface area (Å²) in [5.74, 6) is 0.946. The molecule has 0 aromatic heterocycles. The summed E-state index contributed by atoms with van der Waals surface area (Å²) in [7, 11) is 4.06. The van der Waals surface area contributed by atoms with E-state index >= 15 is 0 Å². The van der Waals surface area contributed by atoms with Gasteiger partial charge in [-0.15, -0.1) is 0 Å². The number of anilines is 1. The summed E-state index contributed by atoms with van der Waals surface area (Å²) < 4.78 is 6.02. The number of ether oxygens (including phenoxy) is 1. The zero-order valence-electron chi connectivity index (χ0n) is 14.0. The Kier molecular flexibility index (Phi) is 5.84. The summed E-state index contributed by atoms with van der Waals surface area (Å²) in [4.78, 5) is 2.23. The van der Waals surface area contributed by atoms with Crippen LogP contribution >= 0.6 is 0 Å². The Morgan fingerprint density at radius 3 is 2.41 bits per heavy atom. The van der Waals surface area contributed by atoms with Crippen molar-refractivity contribution in [3.05, 3.63) is 59.7 Å². The van der Waals surface area contributed by atoms with E-state index in [0.29, 0.717) is 0 Å². The van der Waals surface area contributed by atoms with Crippen LogP contribution in [0.2, 0.25) is 0 Å². The lowest BCUT2D eigenvalue weighted by Gasteiger charge is -2.24. The van der Waals surface area contributed by atoms with E-state index in [0.717, 1.165) is 24.5 Å². The molecule has 0 amide bonds. The topological polar surface area (TPSA) is 24.5 Å². The third-order valence-electron chi connectivity index (χ3n) is 3.44. The summed E-state index contributed by atoms with van der Waals surface area (Å²) in [5.41, 5.74) is 3.65. The van der Waals surface area contributed by atoms with Gasteiger partial charge in [-0.05, 0) is 44.2 Å². The molecule has 0 unspecified atom stereocenters. The molecule has 0 heterocycles. The van der Waals surface area contributed by atoms with Gasteiger partial charge in [-0.2, -0.15) is 0 Å². The predicted molar refractivity (Wildman–Crippen MR) is 93.5 cm³/mol. The van der Waals surface area contributed by atoms with E-state index in [9.17, 15) is 0 Å². The molecule has 3 nitrogen and oxygen atoms in total. The highest BCUT2D eigenvalue weighted by Gasteiger charge is 2.11. The Morgan fingerprint density at radius 2 is 1.77 bits per heavy atom. The smallest absolute Gasteiger partial charge is 0.143 e. The predicted octanol–water partition coefficient (Wildman–Crippen LogP) is 3.83. The molecule has 118 valence electrons. The Hall–Kier alpha value is -2.00. The highest BCUT2D eigenvalue weighted by Crippen LogP contribution is 2.30. The van der Waals surface area contributed by atoms with Crippen LogP contribution in [0.4, 0.5) is 5.69 Å². The first-order chi connectivity index (χ1) is 10.6. The molecule has 0 aliphatic carbocycles. The Bertz CT molecular complexity index is 581. The van der Waals surface area contributed by atoms with Gasteiger partial charge in [0.25, 0.3) is 0 Å². The van der Waals surface area contributed by atoms with E-state index in [1.54, 1.807) is 0 Å². The van der Waals surface area contributed by atoms with Gasteiger partial charge in [0.1, 0.15) is 5.75 Å². The minimum absolute atomic E-state index is 0.161. The minimum atomic E-state index is 0.161. The van der Waals surface area contributed by atoms with Crippen LogP contribution in [0.5, 0.6) is 5.75 Å². The number of nitrogens with zero attached hydrogens (tertiary/aromatic N) is 1. The highest BCUT2D eigenvalue weighted by molar-refractivity contribution is 5.59. The summed E-state index contributed by atoms with van der Waals surface area (Å²) in [6.45, 7) is 5.83. The molecule has 0 fully saturated rings. The van der Waals surface area contributed by atoms with E-state index in [1.165, 1.54) is 11.1 Å². The second-order valence-corrected chi connectivity index (χ2v) is 5.84. The van der Waals surface area contributed by atoms with Gasteiger partial charge in [0.15, 0.2) is 0 Å². The lowest BCUT2D eigenvalue weighted by atomic mass is 10.1. The van der Waals surface area contributed by atoms with Crippen molar-refractivity contribution in [2.24, 2.45) is 0 Å². The normalized spacial score (nSPS) is 10.8. The van der Waals surface area contributed by atoms with E-state index in [1.807, 2.05) is 13.1 Å². The maximum atomic E-state index is 6.02. The van der Waals surface area contributed by atoms with Crippen molar-refractivity contribution < 1.29 is 4.74 Å². The Labute approximate surface area is 133 Å².